The minimum Gasteiger partial charge on any atom is -0.363 e. The van der Waals surface area contributed by atoms with Gasteiger partial charge in [0.2, 0.25) is 5.89 Å². The molecular formula is C11H21N3O2. The monoisotopic (exact) mass is 227 g/mol. The zero-order valence-corrected chi connectivity index (χ0v) is 10.9. The molecule has 0 aliphatic carbocycles. The average Bonchev–Trinajstić information content (AvgIpc) is 2.67. The van der Waals surface area contributed by atoms with Crippen LogP contribution in [0.1, 0.15) is 64.0 Å². The van der Waals surface area contributed by atoms with Crippen molar-refractivity contribution in [1.82, 2.24) is 10.1 Å². The topological polar surface area (TPSA) is 82.0 Å². The van der Waals surface area contributed by atoms with E-state index in [1.165, 1.54) is 0 Å². The zero-order valence-electron chi connectivity index (χ0n) is 10.9. The van der Waals surface area contributed by atoms with Gasteiger partial charge in [-0.05, 0) is 5.41 Å². The number of primary amides is 1. The van der Waals surface area contributed by atoms with Gasteiger partial charge in [-0.1, -0.05) is 46.7 Å². The summed E-state index contributed by atoms with van der Waals surface area (Å²) in [5.74, 6) is -0.188. The minimum absolute atomic E-state index is 0.0153. The van der Waals surface area contributed by atoms with Crippen molar-refractivity contribution in [2.75, 3.05) is 0 Å². The van der Waals surface area contributed by atoms with Crippen LogP contribution in [0.2, 0.25) is 0 Å². The highest BCUT2D eigenvalue weighted by Gasteiger charge is 2.27. The maximum Gasteiger partial charge on any atom is 0.290 e. The van der Waals surface area contributed by atoms with Crippen molar-refractivity contribution in [2.24, 2.45) is 11.1 Å². The first-order chi connectivity index (χ1) is 7.32. The zero-order chi connectivity index (χ0) is 12.9. The van der Waals surface area contributed by atoms with Crippen molar-refractivity contribution in [2.45, 2.75) is 47.5 Å². The lowest BCUT2D eigenvalue weighted by Crippen LogP contribution is -2.17. The smallest absolute Gasteiger partial charge is 0.290 e. The van der Waals surface area contributed by atoms with E-state index in [0.29, 0.717) is 5.89 Å². The van der Waals surface area contributed by atoms with Crippen LogP contribution in [0.15, 0.2) is 4.52 Å². The number of hydrogen-bond donors (Lipinski definition) is 1. The van der Waals surface area contributed by atoms with Crippen molar-refractivity contribution in [3.8, 4) is 0 Å². The molecule has 1 atom stereocenters. The molecule has 1 rings (SSSR count). The SMILES string of the molecule is CC.CC(c1nc(C(N)=O)no1)C(C)(C)C. The third kappa shape index (κ3) is 3.64. The number of aromatic nitrogens is 2. The molecule has 16 heavy (non-hydrogen) atoms. The van der Waals surface area contributed by atoms with Crippen molar-refractivity contribution in [3.05, 3.63) is 11.7 Å². The first-order valence-corrected chi connectivity index (χ1v) is 5.46. The van der Waals surface area contributed by atoms with Crippen LogP contribution in [-0.2, 0) is 0 Å². The maximum absolute atomic E-state index is 10.7. The van der Waals surface area contributed by atoms with Crippen LogP contribution in [-0.4, -0.2) is 16.0 Å². The van der Waals surface area contributed by atoms with Crippen molar-refractivity contribution < 1.29 is 9.32 Å². The molecule has 5 heteroatoms. The van der Waals surface area contributed by atoms with Gasteiger partial charge in [0.15, 0.2) is 0 Å². The molecule has 1 heterocycles. The number of carbonyl (C=O) groups excluding carboxylic acids is 1. The number of rotatable bonds is 2. The molecule has 92 valence electrons. The molecule has 1 aromatic heterocycles. The molecule has 1 aromatic rings. The van der Waals surface area contributed by atoms with Crippen molar-refractivity contribution in [1.29, 1.82) is 0 Å². The summed E-state index contributed by atoms with van der Waals surface area (Å²) >= 11 is 0. The normalized spacial score (nSPS) is 12.6. The third-order valence-electron chi connectivity index (χ3n) is 2.33. The second-order valence-electron chi connectivity index (χ2n) is 4.41. The summed E-state index contributed by atoms with van der Waals surface area (Å²) in [6, 6.07) is 0. The fourth-order valence-corrected chi connectivity index (χ4v) is 0.882. The highest BCUT2D eigenvalue weighted by Crippen LogP contribution is 2.33. The quantitative estimate of drug-likeness (QED) is 0.840. The Morgan fingerprint density at radius 1 is 1.38 bits per heavy atom. The summed E-state index contributed by atoms with van der Waals surface area (Å²) in [5.41, 5.74) is 5.03. The van der Waals surface area contributed by atoms with E-state index in [9.17, 15) is 4.79 Å². The second kappa shape index (κ2) is 5.63. The van der Waals surface area contributed by atoms with E-state index in [-0.39, 0.29) is 17.2 Å². The van der Waals surface area contributed by atoms with E-state index in [1.54, 1.807) is 0 Å². The number of amides is 1. The minimum atomic E-state index is -0.666. The molecule has 5 nitrogen and oxygen atoms in total. The van der Waals surface area contributed by atoms with Crippen LogP contribution >= 0.6 is 0 Å². The Hall–Kier alpha value is -1.39. The van der Waals surface area contributed by atoms with Gasteiger partial charge in [-0.2, -0.15) is 4.98 Å². The largest absolute Gasteiger partial charge is 0.363 e. The summed E-state index contributed by atoms with van der Waals surface area (Å²) in [5, 5.41) is 3.49. The van der Waals surface area contributed by atoms with Gasteiger partial charge in [0.25, 0.3) is 11.7 Å². The number of nitrogens with two attached hydrogens (primary N) is 1. The maximum atomic E-state index is 10.7. The molecule has 0 bridgehead atoms. The van der Waals surface area contributed by atoms with Crippen LogP contribution in [0, 0.1) is 5.41 Å². The highest BCUT2D eigenvalue weighted by molar-refractivity contribution is 5.88. The predicted octanol–water partition coefficient (Wildman–Crippen LogP) is 2.34. The molecule has 1 unspecified atom stereocenters. The molecule has 0 fully saturated rings. The summed E-state index contributed by atoms with van der Waals surface area (Å²) in [4.78, 5) is 14.6. The Kier molecular flexibility index (Phi) is 5.14. The third-order valence-corrected chi connectivity index (χ3v) is 2.33. The van der Waals surface area contributed by atoms with E-state index in [0.717, 1.165) is 0 Å². The molecule has 0 radical (unpaired) electrons. The molecule has 0 aromatic carbocycles. The van der Waals surface area contributed by atoms with Gasteiger partial charge in [0, 0.05) is 5.92 Å². The second-order valence-corrected chi connectivity index (χ2v) is 4.41. The molecule has 2 N–H and O–H groups in total. The fraction of sp³-hybridized carbons (Fsp3) is 0.727. The summed E-state index contributed by atoms with van der Waals surface area (Å²) in [7, 11) is 0. The lowest BCUT2D eigenvalue weighted by Gasteiger charge is -2.23. The van der Waals surface area contributed by atoms with E-state index in [2.05, 4.69) is 30.9 Å². The van der Waals surface area contributed by atoms with Gasteiger partial charge in [-0.15, -0.1) is 0 Å². The Morgan fingerprint density at radius 3 is 2.19 bits per heavy atom. The lowest BCUT2D eigenvalue weighted by molar-refractivity contribution is 0.0987. The van der Waals surface area contributed by atoms with Crippen molar-refractivity contribution >= 4 is 5.91 Å². The summed E-state index contributed by atoms with van der Waals surface area (Å²) in [6.07, 6.45) is 0. The van der Waals surface area contributed by atoms with Gasteiger partial charge in [-0.3, -0.25) is 4.79 Å². The Morgan fingerprint density at radius 2 is 1.88 bits per heavy atom. The fourth-order valence-electron chi connectivity index (χ4n) is 0.882. The van der Waals surface area contributed by atoms with E-state index in [4.69, 9.17) is 10.3 Å². The predicted molar refractivity (Wildman–Crippen MR) is 62.0 cm³/mol. The van der Waals surface area contributed by atoms with Crippen LogP contribution < -0.4 is 5.73 Å². The van der Waals surface area contributed by atoms with E-state index < -0.39 is 5.91 Å². The molecular weight excluding hydrogens is 206 g/mol. The van der Waals surface area contributed by atoms with Gasteiger partial charge >= 0.3 is 0 Å². The van der Waals surface area contributed by atoms with Gasteiger partial charge in [0.05, 0.1) is 0 Å². The van der Waals surface area contributed by atoms with E-state index in [1.807, 2.05) is 20.8 Å². The van der Waals surface area contributed by atoms with E-state index >= 15 is 0 Å². The van der Waals surface area contributed by atoms with Crippen molar-refractivity contribution in [3.63, 3.8) is 0 Å². The first kappa shape index (κ1) is 14.6. The molecule has 0 saturated carbocycles. The van der Waals surface area contributed by atoms with Crippen LogP contribution in [0.4, 0.5) is 0 Å². The molecule has 0 aliphatic heterocycles. The van der Waals surface area contributed by atoms with Gasteiger partial charge in [0.1, 0.15) is 0 Å². The summed E-state index contributed by atoms with van der Waals surface area (Å²) < 4.78 is 4.95. The number of carbonyl (C=O) groups is 1. The molecule has 1 amide bonds. The highest BCUT2D eigenvalue weighted by atomic mass is 16.5. The summed E-state index contributed by atoms with van der Waals surface area (Å²) in [6.45, 7) is 12.2. The average molecular weight is 227 g/mol. The molecule has 0 aliphatic rings. The lowest BCUT2D eigenvalue weighted by atomic mass is 9.82. The van der Waals surface area contributed by atoms with Gasteiger partial charge in [-0.25, -0.2) is 0 Å². The standard InChI is InChI=1S/C9H15N3O2.C2H6/c1-5(9(2,3)4)8-11-7(6(10)13)12-14-8;1-2/h5H,1-4H3,(H2,10,13);1-2H3. The van der Waals surface area contributed by atoms with Gasteiger partial charge < -0.3 is 10.3 Å². The van der Waals surface area contributed by atoms with Crippen LogP contribution in [0.3, 0.4) is 0 Å². The van der Waals surface area contributed by atoms with Crippen LogP contribution in [0.5, 0.6) is 0 Å². The number of nitrogens with zero attached hydrogens (tertiary/aromatic N) is 2. The molecule has 0 spiro atoms. The Labute approximate surface area is 96.4 Å². The van der Waals surface area contributed by atoms with Crippen LogP contribution in [0.25, 0.3) is 0 Å². The Bertz CT molecular complexity index is 339. The Balaban J connectivity index is 0.00000106. The first-order valence-electron chi connectivity index (χ1n) is 5.46. The molecule has 0 saturated heterocycles. The number of hydrogen-bond acceptors (Lipinski definition) is 4.